The van der Waals surface area contributed by atoms with Crippen LogP contribution < -0.4 is 18.9 Å². The summed E-state index contributed by atoms with van der Waals surface area (Å²) in [6.07, 6.45) is 2.10. The number of ether oxygens (including phenoxy) is 6. The zero-order chi connectivity index (χ0) is 35.7. The molecule has 2 aliphatic rings. The molecule has 0 unspecified atom stereocenters. The minimum absolute atomic E-state index is 0.00624. The fraction of sp³-hybridized carbons (Fsp3) is 0.455. The van der Waals surface area contributed by atoms with E-state index in [1.807, 2.05) is 26.0 Å². The van der Waals surface area contributed by atoms with E-state index in [2.05, 4.69) is 89.2 Å². The van der Waals surface area contributed by atoms with Crippen LogP contribution >= 0.6 is 0 Å². The van der Waals surface area contributed by atoms with Gasteiger partial charge >= 0.3 is 0 Å². The van der Waals surface area contributed by atoms with Gasteiger partial charge in [-0.3, -0.25) is 0 Å². The summed E-state index contributed by atoms with van der Waals surface area (Å²) in [5.41, 5.74) is 10.8. The lowest BCUT2D eigenvalue weighted by Crippen LogP contribution is -2.34. The quantitative estimate of drug-likeness (QED) is 0.0970. The van der Waals surface area contributed by atoms with Gasteiger partial charge in [-0.05, 0) is 112 Å². The Morgan fingerprint density at radius 3 is 1.66 bits per heavy atom. The summed E-state index contributed by atoms with van der Waals surface area (Å²) in [5.74, 6) is 2.76. The van der Waals surface area contributed by atoms with E-state index in [1.54, 1.807) is 14.2 Å². The molecule has 0 bridgehead atoms. The molecule has 0 radical (unpaired) electrons. The number of hydrogen-bond donors (Lipinski definition) is 0. The van der Waals surface area contributed by atoms with E-state index in [0.717, 1.165) is 24.0 Å². The highest BCUT2D eigenvalue weighted by atomic mass is 16.5. The van der Waals surface area contributed by atoms with Crippen molar-refractivity contribution in [3.8, 4) is 34.1 Å². The third kappa shape index (κ3) is 6.15. The Kier molecular flexibility index (Phi) is 10.3. The van der Waals surface area contributed by atoms with Gasteiger partial charge < -0.3 is 28.4 Å². The maximum atomic E-state index is 6.19. The maximum absolute atomic E-state index is 6.19. The molecular weight excluding hydrogens is 624 g/mol. The van der Waals surface area contributed by atoms with E-state index >= 15 is 0 Å². The molecule has 0 spiro atoms. The molecule has 0 N–H and O–H groups in total. The highest BCUT2D eigenvalue weighted by molar-refractivity contribution is 5.88. The molecule has 4 aromatic rings. The molecule has 6 nitrogen and oxygen atoms in total. The van der Waals surface area contributed by atoms with Crippen molar-refractivity contribution in [1.82, 2.24) is 0 Å². The predicted octanol–water partition coefficient (Wildman–Crippen LogP) is 9.42. The molecule has 0 aliphatic heterocycles. The third-order valence-electron chi connectivity index (χ3n) is 11.0. The molecule has 0 amide bonds. The summed E-state index contributed by atoms with van der Waals surface area (Å²) in [6.45, 7) is 18.8. The minimum Gasteiger partial charge on any atom is -0.493 e. The molecule has 6 heteroatoms. The SMILES string of the molecule is CCOCCOc1ccc(C2(c3ccc(OCCOCC)c(OC)c3)c3cc(C(C)(C)CC)ccc3-c3cc4c(cc32)C(C)(C)C4)cc1OC. The van der Waals surface area contributed by atoms with Crippen molar-refractivity contribution in [2.24, 2.45) is 0 Å². The molecule has 266 valence electrons. The number of methoxy groups -OCH3 is 2. The Balaban J connectivity index is 1.64. The molecular formula is C44H54O6. The van der Waals surface area contributed by atoms with Crippen molar-refractivity contribution in [2.45, 2.75) is 77.6 Å². The maximum Gasteiger partial charge on any atom is 0.161 e. The van der Waals surface area contributed by atoms with E-state index in [9.17, 15) is 0 Å². The summed E-state index contributed by atoms with van der Waals surface area (Å²) < 4.78 is 35.6. The Morgan fingerprint density at radius 2 is 1.16 bits per heavy atom. The van der Waals surface area contributed by atoms with Gasteiger partial charge in [-0.25, -0.2) is 0 Å². The van der Waals surface area contributed by atoms with Gasteiger partial charge in [0.2, 0.25) is 0 Å². The average Bonchev–Trinajstić information content (AvgIpc) is 3.40. The lowest BCUT2D eigenvalue weighted by molar-refractivity contribution is 0.109. The van der Waals surface area contributed by atoms with Gasteiger partial charge in [-0.1, -0.05) is 77.1 Å². The zero-order valence-electron chi connectivity index (χ0n) is 31.5. The molecule has 0 atom stereocenters. The van der Waals surface area contributed by atoms with Gasteiger partial charge in [0.15, 0.2) is 23.0 Å². The van der Waals surface area contributed by atoms with Crippen LogP contribution in [0.25, 0.3) is 11.1 Å². The van der Waals surface area contributed by atoms with Crippen LogP contribution in [0.2, 0.25) is 0 Å². The number of rotatable bonds is 16. The number of hydrogen-bond acceptors (Lipinski definition) is 6. The van der Waals surface area contributed by atoms with Gasteiger partial charge in [0.05, 0.1) is 32.8 Å². The summed E-state index contributed by atoms with van der Waals surface area (Å²) in [4.78, 5) is 0. The molecule has 0 heterocycles. The first-order chi connectivity index (χ1) is 24.0. The first-order valence-corrected chi connectivity index (χ1v) is 18.2. The van der Waals surface area contributed by atoms with Crippen LogP contribution in [0.4, 0.5) is 0 Å². The van der Waals surface area contributed by atoms with Crippen LogP contribution in [0.1, 0.15) is 93.8 Å². The van der Waals surface area contributed by atoms with Crippen molar-refractivity contribution >= 4 is 0 Å². The van der Waals surface area contributed by atoms with Crippen LogP contribution in [-0.4, -0.2) is 53.9 Å². The van der Waals surface area contributed by atoms with Crippen molar-refractivity contribution in [3.05, 3.63) is 106 Å². The molecule has 0 saturated carbocycles. The topological polar surface area (TPSA) is 55.4 Å². The van der Waals surface area contributed by atoms with Crippen LogP contribution in [0.5, 0.6) is 23.0 Å². The first-order valence-electron chi connectivity index (χ1n) is 18.2. The van der Waals surface area contributed by atoms with Gasteiger partial charge in [-0.2, -0.15) is 0 Å². The lowest BCUT2D eigenvalue weighted by Gasteiger charge is -2.41. The highest BCUT2D eigenvalue weighted by Crippen LogP contribution is 2.60. The summed E-state index contributed by atoms with van der Waals surface area (Å²) in [5, 5.41) is 0. The summed E-state index contributed by atoms with van der Waals surface area (Å²) >= 11 is 0. The largest absolute Gasteiger partial charge is 0.493 e. The van der Waals surface area contributed by atoms with Crippen LogP contribution in [0, 0.1) is 0 Å². The molecule has 50 heavy (non-hydrogen) atoms. The van der Waals surface area contributed by atoms with E-state index in [-0.39, 0.29) is 10.8 Å². The van der Waals surface area contributed by atoms with Crippen LogP contribution in [0.15, 0.2) is 66.7 Å². The molecule has 6 rings (SSSR count). The van der Waals surface area contributed by atoms with Crippen molar-refractivity contribution < 1.29 is 28.4 Å². The standard InChI is InChI=1S/C44H54O6/c1-10-42(4,5)30-13-16-33-34-23-29-28-43(6,7)35(29)27-37(34)44(36(33)24-30,31-14-17-38(40(25-31)45-8)49-21-19-47-11-2)32-15-18-39(41(26-32)46-9)50-22-20-48-12-3/h13-18,23-27H,10-12,19-22,28H2,1-9H3. The van der Waals surface area contributed by atoms with Crippen LogP contribution in [-0.2, 0) is 32.1 Å². The number of fused-ring (bicyclic) bond motifs is 4. The van der Waals surface area contributed by atoms with E-state index in [0.29, 0.717) is 62.6 Å². The molecule has 2 aliphatic carbocycles. The second-order valence-corrected chi connectivity index (χ2v) is 14.7. The van der Waals surface area contributed by atoms with Gasteiger partial charge in [-0.15, -0.1) is 0 Å². The fourth-order valence-electron chi connectivity index (χ4n) is 7.82. The normalized spacial score (nSPS) is 15.1. The first kappa shape index (κ1) is 35.8. The van der Waals surface area contributed by atoms with Crippen LogP contribution in [0.3, 0.4) is 0 Å². The molecule has 4 aromatic carbocycles. The monoisotopic (exact) mass is 678 g/mol. The Bertz CT molecular complexity index is 1770. The summed E-state index contributed by atoms with van der Waals surface area (Å²) in [7, 11) is 3.42. The summed E-state index contributed by atoms with van der Waals surface area (Å²) in [6, 6.07) is 24.9. The van der Waals surface area contributed by atoms with Crippen molar-refractivity contribution in [3.63, 3.8) is 0 Å². The minimum atomic E-state index is -0.681. The van der Waals surface area contributed by atoms with E-state index in [1.165, 1.54) is 38.9 Å². The van der Waals surface area contributed by atoms with Crippen molar-refractivity contribution in [2.75, 3.05) is 53.9 Å². The molecule has 0 aromatic heterocycles. The number of benzene rings is 4. The van der Waals surface area contributed by atoms with E-state index in [4.69, 9.17) is 28.4 Å². The Morgan fingerprint density at radius 1 is 0.600 bits per heavy atom. The second kappa shape index (κ2) is 14.3. The van der Waals surface area contributed by atoms with Gasteiger partial charge in [0.25, 0.3) is 0 Å². The molecule has 0 saturated heterocycles. The predicted molar refractivity (Wildman–Crippen MR) is 201 cm³/mol. The smallest absolute Gasteiger partial charge is 0.161 e. The Hall–Kier alpha value is -4.00. The molecule has 0 fully saturated rings. The van der Waals surface area contributed by atoms with Crippen molar-refractivity contribution in [1.29, 1.82) is 0 Å². The highest BCUT2D eigenvalue weighted by Gasteiger charge is 2.49. The van der Waals surface area contributed by atoms with Gasteiger partial charge in [0.1, 0.15) is 13.2 Å². The lowest BCUT2D eigenvalue weighted by atomic mass is 9.62. The third-order valence-corrected chi connectivity index (χ3v) is 11.0. The fourth-order valence-corrected chi connectivity index (χ4v) is 7.82. The van der Waals surface area contributed by atoms with E-state index < -0.39 is 5.41 Å². The van der Waals surface area contributed by atoms with Gasteiger partial charge in [0, 0.05) is 13.2 Å². The second-order valence-electron chi connectivity index (χ2n) is 14.7. The zero-order valence-corrected chi connectivity index (χ0v) is 31.5. The Labute approximate surface area is 299 Å². The average molecular weight is 679 g/mol.